The number of ketones is 1. The van der Waals surface area contributed by atoms with E-state index in [9.17, 15) is 14.9 Å². The van der Waals surface area contributed by atoms with Crippen molar-refractivity contribution in [2.45, 2.75) is 12.1 Å². The summed E-state index contributed by atoms with van der Waals surface area (Å²) in [5, 5.41) is 14.1. The highest BCUT2D eigenvalue weighted by Crippen LogP contribution is 2.37. The minimum Gasteiger partial charge on any atom is -0.497 e. The van der Waals surface area contributed by atoms with Gasteiger partial charge in [0, 0.05) is 17.2 Å². The third-order valence-electron chi connectivity index (χ3n) is 3.71. The smallest absolute Gasteiger partial charge is 0.274 e. The van der Waals surface area contributed by atoms with E-state index in [1.807, 2.05) is 0 Å². The first kappa shape index (κ1) is 14.2. The van der Waals surface area contributed by atoms with Crippen molar-refractivity contribution in [3.05, 3.63) is 69.8 Å². The van der Waals surface area contributed by atoms with Gasteiger partial charge in [-0.3, -0.25) is 20.2 Å². The van der Waals surface area contributed by atoms with E-state index < -0.39 is 11.0 Å². The molecule has 0 saturated carbocycles. The lowest BCUT2D eigenvalue weighted by molar-refractivity contribution is -0.385. The molecule has 2 aromatic carbocycles. The van der Waals surface area contributed by atoms with Crippen LogP contribution in [0.1, 0.15) is 22.0 Å². The molecule has 0 bridgehead atoms. The molecule has 0 spiro atoms. The number of nitrogens with one attached hydrogen (secondary N) is 1. The minimum atomic E-state index is -0.426. The first-order valence-corrected chi connectivity index (χ1v) is 6.79. The zero-order chi connectivity index (χ0) is 15.7. The minimum absolute atomic E-state index is 0.0324. The number of nitro groups is 1. The Bertz CT molecular complexity index is 727. The van der Waals surface area contributed by atoms with E-state index in [2.05, 4.69) is 5.32 Å². The van der Waals surface area contributed by atoms with Crippen molar-refractivity contribution in [3.63, 3.8) is 0 Å². The number of benzene rings is 2. The number of ether oxygens (including phenoxy) is 1. The van der Waals surface area contributed by atoms with Crippen molar-refractivity contribution < 1.29 is 14.5 Å². The zero-order valence-corrected chi connectivity index (χ0v) is 11.9. The van der Waals surface area contributed by atoms with E-state index in [1.54, 1.807) is 49.6 Å². The second-order valence-corrected chi connectivity index (χ2v) is 5.03. The molecule has 1 aliphatic rings. The number of nitro benzene ring substituents is 1. The van der Waals surface area contributed by atoms with Crippen molar-refractivity contribution in [2.24, 2.45) is 0 Å². The van der Waals surface area contributed by atoms with Crippen LogP contribution in [-0.4, -0.2) is 23.9 Å². The summed E-state index contributed by atoms with van der Waals surface area (Å²) in [7, 11) is 1.56. The Morgan fingerprint density at radius 3 is 2.50 bits per heavy atom. The van der Waals surface area contributed by atoms with Crippen molar-refractivity contribution in [3.8, 4) is 5.75 Å². The Morgan fingerprint density at radius 1 is 1.18 bits per heavy atom. The van der Waals surface area contributed by atoms with E-state index in [0.717, 1.165) is 0 Å². The van der Waals surface area contributed by atoms with Crippen LogP contribution in [-0.2, 0) is 0 Å². The van der Waals surface area contributed by atoms with Crippen LogP contribution in [0.5, 0.6) is 5.75 Å². The molecular weight excluding hydrogens is 284 g/mol. The average molecular weight is 298 g/mol. The summed E-state index contributed by atoms with van der Waals surface area (Å²) in [6.07, 6.45) is 0. The van der Waals surface area contributed by atoms with Gasteiger partial charge in [-0.05, 0) is 24.3 Å². The molecule has 0 aliphatic carbocycles. The van der Waals surface area contributed by atoms with Crippen LogP contribution < -0.4 is 10.1 Å². The molecule has 0 radical (unpaired) electrons. The topological polar surface area (TPSA) is 91.4 Å². The maximum Gasteiger partial charge on any atom is 0.274 e. The SMILES string of the molecule is COc1ccc(C(=O)C2NC2c2ccccc2[N+](=O)[O-])cc1. The van der Waals surface area contributed by atoms with Gasteiger partial charge in [0.05, 0.1) is 24.1 Å². The number of hydrogen-bond acceptors (Lipinski definition) is 5. The Hall–Kier alpha value is -2.73. The normalized spacial score (nSPS) is 19.5. The van der Waals surface area contributed by atoms with Crippen LogP contribution in [0.3, 0.4) is 0 Å². The van der Waals surface area contributed by atoms with Gasteiger partial charge in [0.2, 0.25) is 0 Å². The number of hydrogen-bond donors (Lipinski definition) is 1. The molecule has 2 aromatic rings. The highest BCUT2D eigenvalue weighted by Gasteiger charge is 2.46. The van der Waals surface area contributed by atoms with Crippen LogP contribution in [0.25, 0.3) is 0 Å². The second kappa shape index (κ2) is 5.57. The fraction of sp³-hybridized carbons (Fsp3) is 0.188. The highest BCUT2D eigenvalue weighted by molar-refractivity contribution is 6.02. The molecule has 1 fully saturated rings. The van der Waals surface area contributed by atoms with E-state index in [4.69, 9.17) is 4.74 Å². The average Bonchev–Trinajstić information content (AvgIpc) is 3.34. The van der Waals surface area contributed by atoms with Crippen LogP contribution in [0.2, 0.25) is 0 Å². The van der Waals surface area contributed by atoms with Crippen molar-refractivity contribution >= 4 is 11.5 Å². The molecule has 0 aromatic heterocycles. The molecule has 6 nitrogen and oxygen atoms in total. The molecule has 1 heterocycles. The van der Waals surface area contributed by atoms with Crippen LogP contribution in [0.4, 0.5) is 5.69 Å². The number of nitrogens with zero attached hydrogens (tertiary/aromatic N) is 1. The molecule has 2 atom stereocenters. The second-order valence-electron chi connectivity index (χ2n) is 5.03. The zero-order valence-electron chi connectivity index (χ0n) is 11.9. The summed E-state index contributed by atoms with van der Waals surface area (Å²) >= 11 is 0. The van der Waals surface area contributed by atoms with Crippen molar-refractivity contribution in [1.82, 2.24) is 5.32 Å². The summed E-state index contributed by atoms with van der Waals surface area (Å²) in [5.74, 6) is 0.598. The predicted molar refractivity (Wildman–Crippen MR) is 80.1 cm³/mol. The quantitative estimate of drug-likeness (QED) is 0.396. The van der Waals surface area contributed by atoms with Gasteiger partial charge in [-0.15, -0.1) is 0 Å². The number of Topliss-reactive ketones (excluding diaryl/α,β-unsaturated/α-hetero) is 1. The summed E-state index contributed by atoms with van der Waals surface area (Å²) < 4.78 is 5.06. The van der Waals surface area contributed by atoms with Gasteiger partial charge in [0.25, 0.3) is 5.69 Å². The van der Waals surface area contributed by atoms with Crippen LogP contribution in [0, 0.1) is 10.1 Å². The van der Waals surface area contributed by atoms with Crippen molar-refractivity contribution in [1.29, 1.82) is 0 Å². The van der Waals surface area contributed by atoms with Gasteiger partial charge in [-0.25, -0.2) is 0 Å². The summed E-state index contributed by atoms with van der Waals surface area (Å²) in [4.78, 5) is 23.0. The molecule has 1 aliphatic heterocycles. The summed E-state index contributed by atoms with van der Waals surface area (Å²) in [5.41, 5.74) is 1.13. The van der Waals surface area contributed by atoms with Crippen LogP contribution >= 0.6 is 0 Å². The van der Waals surface area contributed by atoms with Gasteiger partial charge >= 0.3 is 0 Å². The highest BCUT2D eigenvalue weighted by atomic mass is 16.6. The lowest BCUT2D eigenvalue weighted by atomic mass is 10.0. The maximum atomic E-state index is 12.4. The molecule has 3 rings (SSSR count). The standard InChI is InChI=1S/C16H14N2O4/c1-22-11-8-6-10(7-9-11)16(19)15-14(17-15)12-4-2-3-5-13(12)18(20)21/h2-9,14-15,17H,1H3. The molecular formula is C16H14N2O4. The molecule has 6 heteroatoms. The predicted octanol–water partition coefficient (Wildman–Crippen LogP) is 2.50. The van der Waals surface area contributed by atoms with Gasteiger partial charge in [0.1, 0.15) is 5.75 Å². The number of para-hydroxylation sites is 1. The molecule has 0 amide bonds. The monoisotopic (exact) mass is 298 g/mol. The van der Waals surface area contributed by atoms with Gasteiger partial charge in [0.15, 0.2) is 5.78 Å². The van der Waals surface area contributed by atoms with E-state index in [-0.39, 0.29) is 17.5 Å². The molecule has 112 valence electrons. The summed E-state index contributed by atoms with van der Waals surface area (Å²) in [6.45, 7) is 0. The first-order chi connectivity index (χ1) is 10.6. The van der Waals surface area contributed by atoms with Gasteiger partial charge < -0.3 is 4.74 Å². The Kier molecular flexibility index (Phi) is 3.60. The maximum absolute atomic E-state index is 12.4. The third kappa shape index (κ3) is 2.56. The number of carbonyl (C=O) groups is 1. The molecule has 22 heavy (non-hydrogen) atoms. The van der Waals surface area contributed by atoms with Gasteiger partial charge in [-0.1, -0.05) is 18.2 Å². The Balaban J connectivity index is 1.79. The van der Waals surface area contributed by atoms with Crippen molar-refractivity contribution in [2.75, 3.05) is 7.11 Å². The lowest BCUT2D eigenvalue weighted by Crippen LogP contribution is -2.10. The fourth-order valence-electron chi connectivity index (χ4n) is 2.49. The lowest BCUT2D eigenvalue weighted by Gasteiger charge is -2.02. The van der Waals surface area contributed by atoms with E-state index >= 15 is 0 Å². The van der Waals surface area contributed by atoms with Crippen LogP contribution in [0.15, 0.2) is 48.5 Å². The van der Waals surface area contributed by atoms with E-state index in [0.29, 0.717) is 16.9 Å². The first-order valence-electron chi connectivity index (χ1n) is 6.79. The number of methoxy groups -OCH3 is 1. The largest absolute Gasteiger partial charge is 0.497 e. The Morgan fingerprint density at radius 2 is 1.86 bits per heavy atom. The third-order valence-corrected chi connectivity index (χ3v) is 3.71. The van der Waals surface area contributed by atoms with Gasteiger partial charge in [-0.2, -0.15) is 0 Å². The summed E-state index contributed by atoms with van der Waals surface area (Å²) in [6, 6.07) is 12.6. The molecule has 1 N–H and O–H groups in total. The number of rotatable bonds is 5. The number of carbonyl (C=O) groups excluding carboxylic acids is 1. The Labute approximate surface area is 126 Å². The fourth-order valence-corrected chi connectivity index (χ4v) is 2.49. The van der Waals surface area contributed by atoms with E-state index in [1.165, 1.54) is 6.07 Å². The molecule has 2 unspecified atom stereocenters. The molecule has 1 saturated heterocycles.